The van der Waals surface area contributed by atoms with Crippen molar-refractivity contribution in [2.24, 2.45) is 5.92 Å². The summed E-state index contributed by atoms with van der Waals surface area (Å²) in [5.41, 5.74) is 2.31. The van der Waals surface area contributed by atoms with Crippen LogP contribution in [0.1, 0.15) is 58.2 Å². The van der Waals surface area contributed by atoms with Crippen molar-refractivity contribution in [3.05, 3.63) is 58.3 Å². The van der Waals surface area contributed by atoms with Crippen LogP contribution >= 0.6 is 15.9 Å². The molecule has 0 aliphatic rings. The predicted molar refractivity (Wildman–Crippen MR) is 130 cm³/mol. The Kier molecular flexibility index (Phi) is 10.3. The minimum Gasteiger partial charge on any atom is -0.345 e. The fourth-order valence-electron chi connectivity index (χ4n) is 3.40. The van der Waals surface area contributed by atoms with Crippen LogP contribution in [-0.4, -0.2) is 45.8 Å². The van der Waals surface area contributed by atoms with Crippen LogP contribution in [0.4, 0.5) is 0 Å². The van der Waals surface area contributed by atoms with E-state index in [9.17, 15) is 9.59 Å². The fourth-order valence-corrected chi connectivity index (χ4v) is 3.66. The number of carbonyl (C=O) groups excluding carboxylic acids is 2. The van der Waals surface area contributed by atoms with Crippen molar-refractivity contribution >= 4 is 27.7 Å². The first kappa shape index (κ1) is 25.2. The number of hydrogen-bond acceptors (Lipinski definition) is 2. The van der Waals surface area contributed by atoms with E-state index in [-0.39, 0.29) is 18.4 Å². The summed E-state index contributed by atoms with van der Waals surface area (Å²) < 4.78 is 3.25. The molecule has 1 aromatic heterocycles. The molecule has 0 N–H and O–H groups in total. The molecule has 5 nitrogen and oxygen atoms in total. The van der Waals surface area contributed by atoms with Gasteiger partial charge in [-0.3, -0.25) is 9.59 Å². The molecular weight excluding hydrogens is 454 g/mol. The van der Waals surface area contributed by atoms with Crippen LogP contribution in [0.2, 0.25) is 0 Å². The molecule has 170 valence electrons. The van der Waals surface area contributed by atoms with Gasteiger partial charge in [-0.25, -0.2) is 0 Å². The Morgan fingerprint density at radius 3 is 2.39 bits per heavy atom. The first-order valence-corrected chi connectivity index (χ1v) is 12.0. The van der Waals surface area contributed by atoms with Crippen LogP contribution in [0.15, 0.2) is 47.1 Å². The highest BCUT2D eigenvalue weighted by molar-refractivity contribution is 9.10. The first-order valence-electron chi connectivity index (χ1n) is 11.2. The quantitative estimate of drug-likeness (QED) is 0.404. The van der Waals surface area contributed by atoms with E-state index in [1.54, 1.807) is 11.8 Å². The van der Waals surface area contributed by atoms with E-state index in [4.69, 9.17) is 0 Å². The van der Waals surface area contributed by atoms with Gasteiger partial charge >= 0.3 is 0 Å². The lowest BCUT2D eigenvalue weighted by atomic mass is 10.1. The predicted octanol–water partition coefficient (Wildman–Crippen LogP) is 5.32. The number of nitrogens with zero attached hydrogens (tertiary/aromatic N) is 3. The van der Waals surface area contributed by atoms with Crippen LogP contribution in [0.25, 0.3) is 0 Å². The molecule has 0 bridgehead atoms. The lowest BCUT2D eigenvalue weighted by Gasteiger charge is -2.28. The van der Waals surface area contributed by atoms with Gasteiger partial charge < -0.3 is 14.4 Å². The maximum absolute atomic E-state index is 13.2. The minimum absolute atomic E-state index is 0.0174. The third kappa shape index (κ3) is 8.52. The third-order valence-corrected chi connectivity index (χ3v) is 5.95. The van der Waals surface area contributed by atoms with Gasteiger partial charge in [0, 0.05) is 42.9 Å². The highest BCUT2D eigenvalue weighted by Gasteiger charge is 2.20. The monoisotopic (exact) mass is 489 g/mol. The van der Waals surface area contributed by atoms with Crippen molar-refractivity contribution in [1.82, 2.24) is 14.4 Å². The van der Waals surface area contributed by atoms with Gasteiger partial charge in [0.1, 0.15) is 0 Å². The van der Waals surface area contributed by atoms with Crippen molar-refractivity contribution in [3.8, 4) is 0 Å². The molecule has 2 aromatic rings. The summed E-state index contributed by atoms with van der Waals surface area (Å²) in [5.74, 6) is 0.474. The minimum atomic E-state index is -0.0388. The molecule has 0 fully saturated rings. The number of amides is 2. The Morgan fingerprint density at radius 1 is 1.06 bits per heavy atom. The number of unbranched alkanes of at least 4 members (excludes halogenated alkanes) is 1. The van der Waals surface area contributed by atoms with Gasteiger partial charge in [-0.15, -0.1) is 0 Å². The molecular formula is C25H36BrN3O2. The van der Waals surface area contributed by atoms with E-state index < -0.39 is 0 Å². The molecule has 2 rings (SSSR count). The summed E-state index contributed by atoms with van der Waals surface area (Å²) in [4.78, 5) is 28.8. The highest BCUT2D eigenvalue weighted by atomic mass is 79.9. The molecule has 0 aliphatic carbocycles. The van der Waals surface area contributed by atoms with Gasteiger partial charge in [0.05, 0.1) is 13.1 Å². The van der Waals surface area contributed by atoms with E-state index >= 15 is 0 Å². The van der Waals surface area contributed by atoms with Crippen molar-refractivity contribution in [3.63, 3.8) is 0 Å². The van der Waals surface area contributed by atoms with Crippen LogP contribution in [0.3, 0.4) is 0 Å². The Bertz CT molecular complexity index is 830. The molecule has 1 aromatic carbocycles. The average molecular weight is 490 g/mol. The Labute approximate surface area is 195 Å². The van der Waals surface area contributed by atoms with Gasteiger partial charge in [0.2, 0.25) is 11.8 Å². The van der Waals surface area contributed by atoms with Crippen molar-refractivity contribution in [2.75, 3.05) is 19.6 Å². The second kappa shape index (κ2) is 12.7. The molecule has 0 unspecified atom stereocenters. The Hall–Kier alpha value is -2.08. The Morgan fingerprint density at radius 2 is 1.77 bits per heavy atom. The van der Waals surface area contributed by atoms with Crippen LogP contribution < -0.4 is 0 Å². The number of halogens is 1. The highest BCUT2D eigenvalue weighted by Crippen LogP contribution is 2.15. The largest absolute Gasteiger partial charge is 0.345 e. The van der Waals surface area contributed by atoms with Crippen molar-refractivity contribution in [2.45, 2.75) is 60.0 Å². The number of hydrogen-bond donors (Lipinski definition) is 0. The number of rotatable bonds is 12. The van der Waals surface area contributed by atoms with E-state index in [2.05, 4.69) is 65.7 Å². The van der Waals surface area contributed by atoms with Gasteiger partial charge in [0.15, 0.2) is 0 Å². The summed E-state index contributed by atoms with van der Waals surface area (Å²) in [7, 11) is 0. The molecule has 1 heterocycles. The molecule has 0 saturated heterocycles. The van der Waals surface area contributed by atoms with E-state index in [1.807, 2.05) is 23.1 Å². The molecule has 31 heavy (non-hydrogen) atoms. The standard InChI is InChI=1S/C25H36BrN3O2/c1-5-6-14-29(25(31)19-27(21(4)30)16-13-20(2)3)18-24-8-7-15-28(24)17-22-9-11-23(26)12-10-22/h7-12,15,20H,5-6,13-14,16-19H2,1-4H3. The zero-order valence-electron chi connectivity index (χ0n) is 19.3. The van der Waals surface area contributed by atoms with E-state index in [0.717, 1.165) is 36.0 Å². The first-order chi connectivity index (χ1) is 14.8. The maximum atomic E-state index is 13.2. The molecule has 2 amide bonds. The maximum Gasteiger partial charge on any atom is 0.242 e. The SMILES string of the molecule is CCCCN(Cc1cccn1Cc1ccc(Br)cc1)C(=O)CN(CCC(C)C)C(C)=O. The topological polar surface area (TPSA) is 45.6 Å². The Balaban J connectivity index is 2.10. The third-order valence-electron chi connectivity index (χ3n) is 5.42. The van der Waals surface area contributed by atoms with Crippen molar-refractivity contribution in [1.29, 1.82) is 0 Å². The molecule has 0 spiro atoms. The normalized spacial score (nSPS) is 11.0. The molecule has 0 saturated carbocycles. The average Bonchev–Trinajstić information content (AvgIpc) is 3.16. The van der Waals surface area contributed by atoms with Crippen LogP contribution in [0.5, 0.6) is 0 Å². The van der Waals surface area contributed by atoms with Gasteiger partial charge in [-0.1, -0.05) is 55.3 Å². The van der Waals surface area contributed by atoms with Gasteiger partial charge in [0.25, 0.3) is 0 Å². The summed E-state index contributed by atoms with van der Waals surface area (Å²) in [6.45, 7) is 10.7. The second-order valence-electron chi connectivity index (χ2n) is 8.55. The van der Waals surface area contributed by atoms with Crippen LogP contribution in [0, 0.1) is 5.92 Å². The van der Waals surface area contributed by atoms with E-state index in [0.29, 0.717) is 25.6 Å². The molecule has 0 radical (unpaired) electrons. The molecule has 6 heteroatoms. The fraction of sp³-hybridized carbons (Fsp3) is 0.520. The number of benzene rings is 1. The molecule has 0 atom stereocenters. The zero-order valence-corrected chi connectivity index (χ0v) is 20.9. The second-order valence-corrected chi connectivity index (χ2v) is 9.46. The summed E-state index contributed by atoms with van der Waals surface area (Å²) in [6, 6.07) is 12.4. The summed E-state index contributed by atoms with van der Waals surface area (Å²) in [5, 5.41) is 0. The van der Waals surface area contributed by atoms with Crippen LogP contribution in [-0.2, 0) is 22.7 Å². The number of aromatic nitrogens is 1. The lowest BCUT2D eigenvalue weighted by molar-refractivity contribution is -0.140. The zero-order chi connectivity index (χ0) is 22.8. The van der Waals surface area contributed by atoms with E-state index in [1.165, 1.54) is 5.56 Å². The number of carbonyl (C=O) groups is 2. The van der Waals surface area contributed by atoms with Gasteiger partial charge in [-0.2, -0.15) is 0 Å². The summed E-state index contributed by atoms with van der Waals surface area (Å²) >= 11 is 3.48. The van der Waals surface area contributed by atoms with Crippen molar-refractivity contribution < 1.29 is 9.59 Å². The molecule has 0 aliphatic heterocycles. The lowest BCUT2D eigenvalue weighted by Crippen LogP contribution is -2.43. The smallest absolute Gasteiger partial charge is 0.242 e. The van der Waals surface area contributed by atoms with Gasteiger partial charge in [-0.05, 0) is 48.6 Å². The summed E-state index contributed by atoms with van der Waals surface area (Å²) in [6.07, 6.45) is 4.93.